The number of ether oxygens (including phenoxy) is 6. The lowest BCUT2D eigenvalue weighted by molar-refractivity contribution is 0.139. The fourth-order valence-electron chi connectivity index (χ4n) is 8.10. The number of hydrogen-bond acceptors (Lipinski definition) is 16. The number of rotatable bonds is 19. The first-order valence-corrected chi connectivity index (χ1v) is 25.8. The highest BCUT2D eigenvalue weighted by Crippen LogP contribution is 2.30. The van der Waals surface area contributed by atoms with E-state index in [2.05, 4.69) is 72.5 Å². The molecule has 9 rings (SSSR count). The van der Waals surface area contributed by atoms with Crippen molar-refractivity contribution in [3.05, 3.63) is 142 Å². The molecule has 0 atom stereocenters. The van der Waals surface area contributed by atoms with Crippen LogP contribution in [0, 0.1) is 0 Å². The van der Waals surface area contributed by atoms with E-state index in [1.165, 1.54) is 43.6 Å². The molecule has 2 fully saturated rings. The average Bonchev–Trinajstić information content (AvgIpc) is 4.25. The van der Waals surface area contributed by atoms with Gasteiger partial charge in [0.15, 0.2) is 0 Å². The molecule has 368 valence electrons. The van der Waals surface area contributed by atoms with Gasteiger partial charge < -0.3 is 39.1 Å². The second-order valence-corrected chi connectivity index (χ2v) is 18.9. The number of anilines is 4. The zero-order valence-corrected chi connectivity index (χ0v) is 41.5. The molecule has 0 radical (unpaired) electrons. The first kappa shape index (κ1) is 50.6. The van der Waals surface area contributed by atoms with Crippen LogP contribution in [-0.4, -0.2) is 109 Å². The van der Waals surface area contributed by atoms with Crippen LogP contribution in [0.25, 0.3) is 22.5 Å². The summed E-state index contributed by atoms with van der Waals surface area (Å²) < 4.78 is 35.2. The van der Waals surface area contributed by atoms with E-state index in [9.17, 15) is 0 Å². The average molecular weight is 985 g/mol. The molecule has 16 heteroatoms. The van der Waals surface area contributed by atoms with Gasteiger partial charge in [0.2, 0.25) is 11.9 Å². The molecule has 2 N–H and O–H groups in total. The maximum absolute atomic E-state index is 6.16. The van der Waals surface area contributed by atoms with Crippen molar-refractivity contribution in [2.75, 3.05) is 89.5 Å². The molecular weight excluding hydrogens is 921 g/mol. The zero-order chi connectivity index (χ0) is 48.0. The Kier molecular flexibility index (Phi) is 19.9. The van der Waals surface area contributed by atoms with E-state index in [-0.39, 0.29) is 0 Å². The van der Waals surface area contributed by atoms with E-state index in [0.717, 1.165) is 87.6 Å². The summed E-state index contributed by atoms with van der Waals surface area (Å²) in [6, 6.07) is 20.1. The number of likely N-dealkylation sites (tertiary alicyclic amines) is 2. The maximum atomic E-state index is 6.16. The number of thiophene rings is 2. The first-order valence-electron chi connectivity index (χ1n) is 24.1. The van der Waals surface area contributed by atoms with Crippen LogP contribution >= 0.6 is 22.7 Å². The van der Waals surface area contributed by atoms with E-state index in [0.29, 0.717) is 78.0 Å². The van der Waals surface area contributed by atoms with Gasteiger partial charge >= 0.3 is 0 Å². The van der Waals surface area contributed by atoms with E-state index < -0.39 is 0 Å². The van der Waals surface area contributed by atoms with Crippen LogP contribution in [0.4, 0.5) is 23.3 Å². The monoisotopic (exact) mass is 984 g/mol. The molecule has 0 spiro atoms. The summed E-state index contributed by atoms with van der Waals surface area (Å²) in [6.07, 6.45) is 16.2. The Labute approximate surface area is 420 Å². The topological polar surface area (TPSA) is 137 Å². The van der Waals surface area contributed by atoms with E-state index in [1.54, 1.807) is 47.2 Å². The fraction of sp³-hybridized carbons (Fsp3) is 0.370. The fourth-order valence-corrected chi connectivity index (χ4v) is 9.73. The largest absolute Gasteiger partial charge is 0.492 e. The molecule has 14 nitrogen and oxygen atoms in total. The van der Waals surface area contributed by atoms with Crippen molar-refractivity contribution in [1.29, 1.82) is 0 Å². The molecule has 2 saturated heterocycles. The van der Waals surface area contributed by atoms with Gasteiger partial charge in [-0.05, 0) is 113 Å². The number of nitrogens with zero attached hydrogens (tertiary/aromatic N) is 6. The van der Waals surface area contributed by atoms with Gasteiger partial charge in [0.1, 0.15) is 24.7 Å². The molecule has 0 unspecified atom stereocenters. The van der Waals surface area contributed by atoms with Crippen LogP contribution < -0.4 is 20.1 Å². The predicted octanol–water partition coefficient (Wildman–Crippen LogP) is 10.9. The minimum absolute atomic E-state index is 0.438. The summed E-state index contributed by atoms with van der Waals surface area (Å²) in [5, 5.41) is 10.9. The Hall–Kier alpha value is -5.82. The minimum Gasteiger partial charge on any atom is -0.492 e. The molecule has 6 bridgehead atoms. The lowest BCUT2D eigenvalue weighted by atomic mass is 10.2. The van der Waals surface area contributed by atoms with Gasteiger partial charge in [-0.1, -0.05) is 24.3 Å². The van der Waals surface area contributed by atoms with Crippen LogP contribution in [0.1, 0.15) is 46.6 Å². The maximum Gasteiger partial charge on any atom is 0.227 e. The molecule has 0 saturated carbocycles. The molecule has 70 heavy (non-hydrogen) atoms. The highest BCUT2D eigenvalue weighted by Gasteiger charge is 2.15. The summed E-state index contributed by atoms with van der Waals surface area (Å²) in [4.78, 5) is 25.5. The second kappa shape index (κ2) is 27.5. The third-order valence-electron chi connectivity index (χ3n) is 11.6. The van der Waals surface area contributed by atoms with Crippen molar-refractivity contribution in [2.24, 2.45) is 0 Å². The van der Waals surface area contributed by atoms with Gasteiger partial charge in [-0.15, -0.1) is 35.8 Å². The first-order chi connectivity index (χ1) is 34.6. The molecule has 7 heterocycles. The van der Waals surface area contributed by atoms with Gasteiger partial charge in [0.05, 0.1) is 64.2 Å². The quantitative estimate of drug-likeness (QED) is 0.0588. The third kappa shape index (κ3) is 15.8. The molecule has 0 aliphatic carbocycles. The van der Waals surface area contributed by atoms with Crippen molar-refractivity contribution in [3.63, 3.8) is 0 Å². The van der Waals surface area contributed by atoms with Gasteiger partial charge in [0.25, 0.3) is 0 Å². The molecule has 2 aromatic carbocycles. The number of nitrogens with one attached hydrogen (secondary N) is 2. The highest BCUT2D eigenvalue weighted by atomic mass is 32.1. The predicted molar refractivity (Wildman–Crippen MR) is 281 cm³/mol. The van der Waals surface area contributed by atoms with Crippen LogP contribution in [0.2, 0.25) is 0 Å². The highest BCUT2D eigenvalue weighted by molar-refractivity contribution is 7.10. The van der Waals surface area contributed by atoms with Crippen molar-refractivity contribution in [2.45, 2.75) is 52.1 Å². The zero-order valence-electron chi connectivity index (χ0n) is 39.9. The van der Waals surface area contributed by atoms with E-state index >= 15 is 0 Å². The van der Waals surface area contributed by atoms with Crippen molar-refractivity contribution < 1.29 is 28.4 Å². The molecule has 4 aromatic heterocycles. The number of aromatic nitrogens is 4. The third-order valence-corrected chi connectivity index (χ3v) is 13.5. The Morgan fingerprint density at radius 2 is 1.34 bits per heavy atom. The summed E-state index contributed by atoms with van der Waals surface area (Å²) in [5.74, 6) is 2.78. The number of hydrogen-bond donors (Lipinski definition) is 2. The SMILES string of the molecule is C1=C/COCc2cc(ccc2OCCN2CCCC2)Nc2nccc(n2)-c2csc(c2)COC/1.C=CCOCc1cc(-c2ccnc(Nc3ccc(OCCN4CCCC4)c(COCC=C)c3)n2)cs1. The molecule has 3 aliphatic rings. The normalized spacial score (nSPS) is 15.7. The molecule has 0 amide bonds. The Balaban J connectivity index is 0.000000188. The molecule has 3 aliphatic heterocycles. The Bertz CT molecular complexity index is 2590. The minimum atomic E-state index is 0.438. The van der Waals surface area contributed by atoms with Gasteiger partial charge in [0, 0.05) is 79.6 Å². The van der Waals surface area contributed by atoms with Crippen LogP contribution in [0.5, 0.6) is 11.5 Å². The number of benzene rings is 2. The standard InChI is InChI=1S/C28H34N4O3S.C26H30N4O3S/c1-3-14-33-19-22-17-24(7-8-27(22)35-16-13-32-11-5-6-12-32)30-28-29-10-9-26(31-28)23-18-25(36-21-23)20-34-15-4-2;1-2-10-30(9-1)11-14-33-25-6-5-22-15-20(25)17-31-12-3-4-13-32-18-23-16-21(19-34-23)24-7-8-27-26(28-22)29-24/h3-4,7-10,17-18,21H,1-2,5-6,11-16,19-20H2,(H,29,30,31);3-8,15-16,19H,1-2,9-14,17-18H2,(H,27,28,29)/b;4-3+. The molecule has 6 aromatic rings. The number of fused-ring (bicyclic) bond motifs is 7. The summed E-state index contributed by atoms with van der Waals surface area (Å²) in [7, 11) is 0. The van der Waals surface area contributed by atoms with Crippen LogP contribution in [0.15, 0.2) is 121 Å². The summed E-state index contributed by atoms with van der Waals surface area (Å²) in [6.45, 7) is 19.4. The Morgan fingerprint density at radius 3 is 2.10 bits per heavy atom. The lowest BCUT2D eigenvalue weighted by Crippen LogP contribution is -2.25. The Morgan fingerprint density at radius 1 is 0.686 bits per heavy atom. The van der Waals surface area contributed by atoms with Crippen LogP contribution in [-0.2, 0) is 45.4 Å². The smallest absolute Gasteiger partial charge is 0.227 e. The summed E-state index contributed by atoms with van der Waals surface area (Å²) >= 11 is 3.33. The van der Waals surface area contributed by atoms with Gasteiger partial charge in [-0.2, -0.15) is 0 Å². The van der Waals surface area contributed by atoms with Crippen molar-refractivity contribution in [3.8, 4) is 34.0 Å². The second-order valence-electron chi connectivity index (χ2n) is 16.9. The van der Waals surface area contributed by atoms with Gasteiger partial charge in [-0.25, -0.2) is 19.9 Å². The van der Waals surface area contributed by atoms with Crippen molar-refractivity contribution >= 4 is 45.9 Å². The summed E-state index contributed by atoms with van der Waals surface area (Å²) in [5.41, 5.74) is 7.60. The van der Waals surface area contributed by atoms with Crippen molar-refractivity contribution in [1.82, 2.24) is 29.7 Å². The van der Waals surface area contributed by atoms with E-state index in [1.807, 2.05) is 54.6 Å². The van der Waals surface area contributed by atoms with Gasteiger partial charge in [-0.3, -0.25) is 9.80 Å². The van der Waals surface area contributed by atoms with Crippen LogP contribution in [0.3, 0.4) is 0 Å². The lowest BCUT2D eigenvalue weighted by Gasteiger charge is -2.17. The van der Waals surface area contributed by atoms with E-state index in [4.69, 9.17) is 38.4 Å². The molecular formula is C54H64N8O6S2.